The van der Waals surface area contributed by atoms with Gasteiger partial charge in [0, 0.05) is 32.1 Å². The minimum absolute atomic E-state index is 0.00802. The quantitative estimate of drug-likeness (QED) is 0.723. The maximum atomic E-state index is 12.1. The number of nitrogens with one attached hydrogen (secondary N) is 1. The van der Waals surface area contributed by atoms with Crippen molar-refractivity contribution in [1.82, 2.24) is 4.90 Å². The van der Waals surface area contributed by atoms with E-state index in [0.717, 1.165) is 18.6 Å². The Hall–Kier alpha value is -2.82. The van der Waals surface area contributed by atoms with Gasteiger partial charge in [-0.25, -0.2) is 0 Å². The van der Waals surface area contributed by atoms with Crippen LogP contribution < -0.4 is 10.1 Å². The molecule has 0 aromatic heterocycles. The number of hydrogen-bond acceptors (Lipinski definition) is 3. The SMILES string of the molecule is CCCCN(CCC(=O)Nc1ccc(Oc2ccccc2)cc1)C(C)=O. The molecule has 5 nitrogen and oxygen atoms in total. The second-order valence-corrected chi connectivity index (χ2v) is 6.10. The van der Waals surface area contributed by atoms with Gasteiger partial charge in [0.2, 0.25) is 11.8 Å². The van der Waals surface area contributed by atoms with Crippen LogP contribution in [0.1, 0.15) is 33.1 Å². The van der Waals surface area contributed by atoms with E-state index in [4.69, 9.17) is 4.74 Å². The number of amides is 2. The number of nitrogens with zero attached hydrogens (tertiary/aromatic N) is 1. The lowest BCUT2D eigenvalue weighted by molar-refractivity contribution is -0.129. The lowest BCUT2D eigenvalue weighted by Gasteiger charge is -2.20. The monoisotopic (exact) mass is 354 g/mol. The second-order valence-electron chi connectivity index (χ2n) is 6.10. The first kappa shape index (κ1) is 19.5. The topological polar surface area (TPSA) is 58.6 Å². The van der Waals surface area contributed by atoms with Crippen molar-refractivity contribution in [3.05, 3.63) is 54.6 Å². The molecule has 0 saturated carbocycles. The second kappa shape index (κ2) is 10.2. The molecular formula is C21H26N2O3. The summed E-state index contributed by atoms with van der Waals surface area (Å²) in [5, 5.41) is 2.85. The van der Waals surface area contributed by atoms with Crippen molar-refractivity contribution in [3.63, 3.8) is 0 Å². The van der Waals surface area contributed by atoms with Crippen LogP contribution in [0.15, 0.2) is 54.6 Å². The Balaban J connectivity index is 1.82. The summed E-state index contributed by atoms with van der Waals surface area (Å²) in [6.45, 7) is 4.76. The molecule has 138 valence electrons. The van der Waals surface area contributed by atoms with Crippen molar-refractivity contribution >= 4 is 17.5 Å². The van der Waals surface area contributed by atoms with Gasteiger partial charge in [-0.1, -0.05) is 31.5 Å². The van der Waals surface area contributed by atoms with E-state index in [9.17, 15) is 9.59 Å². The Morgan fingerprint density at radius 2 is 1.62 bits per heavy atom. The van der Waals surface area contributed by atoms with Gasteiger partial charge in [-0.15, -0.1) is 0 Å². The summed E-state index contributed by atoms with van der Waals surface area (Å²) in [5.74, 6) is 1.37. The maximum absolute atomic E-state index is 12.1. The molecule has 0 spiro atoms. The Labute approximate surface area is 155 Å². The van der Waals surface area contributed by atoms with Crippen molar-refractivity contribution in [3.8, 4) is 11.5 Å². The van der Waals surface area contributed by atoms with E-state index in [1.165, 1.54) is 0 Å². The van der Waals surface area contributed by atoms with Crippen molar-refractivity contribution in [2.75, 3.05) is 18.4 Å². The molecule has 0 unspecified atom stereocenters. The van der Waals surface area contributed by atoms with Crippen LogP contribution in [0, 0.1) is 0 Å². The van der Waals surface area contributed by atoms with E-state index in [-0.39, 0.29) is 18.2 Å². The van der Waals surface area contributed by atoms with Gasteiger partial charge in [-0.2, -0.15) is 0 Å². The molecule has 0 aliphatic heterocycles. The molecule has 0 radical (unpaired) electrons. The molecule has 2 aromatic rings. The maximum Gasteiger partial charge on any atom is 0.226 e. The summed E-state index contributed by atoms with van der Waals surface area (Å²) < 4.78 is 5.72. The Morgan fingerprint density at radius 3 is 2.23 bits per heavy atom. The number of para-hydroxylation sites is 1. The molecule has 0 saturated heterocycles. The molecular weight excluding hydrogens is 328 g/mol. The minimum Gasteiger partial charge on any atom is -0.457 e. The fourth-order valence-corrected chi connectivity index (χ4v) is 2.47. The number of unbranched alkanes of at least 4 members (excludes halogenated alkanes) is 1. The predicted molar refractivity (Wildman–Crippen MR) is 103 cm³/mol. The minimum atomic E-state index is -0.107. The van der Waals surface area contributed by atoms with Gasteiger partial charge in [0.05, 0.1) is 0 Å². The van der Waals surface area contributed by atoms with Crippen LogP contribution >= 0.6 is 0 Å². The number of benzene rings is 2. The number of ether oxygens (including phenoxy) is 1. The standard InChI is InChI=1S/C21H26N2O3/c1-3-4-15-23(17(2)24)16-14-21(25)22-18-10-12-20(13-11-18)26-19-8-6-5-7-9-19/h5-13H,3-4,14-16H2,1-2H3,(H,22,25). The Morgan fingerprint density at radius 1 is 0.962 bits per heavy atom. The van der Waals surface area contributed by atoms with E-state index in [0.29, 0.717) is 24.5 Å². The first-order valence-electron chi connectivity index (χ1n) is 8.97. The van der Waals surface area contributed by atoms with Crippen molar-refractivity contribution < 1.29 is 14.3 Å². The van der Waals surface area contributed by atoms with E-state index in [1.807, 2.05) is 42.5 Å². The van der Waals surface area contributed by atoms with E-state index >= 15 is 0 Å². The summed E-state index contributed by atoms with van der Waals surface area (Å²) in [6, 6.07) is 16.7. The van der Waals surface area contributed by atoms with Crippen LogP contribution in [0.25, 0.3) is 0 Å². The number of carbonyl (C=O) groups excluding carboxylic acids is 2. The molecule has 0 heterocycles. The number of carbonyl (C=O) groups is 2. The first-order chi connectivity index (χ1) is 12.6. The molecule has 0 fully saturated rings. The van der Waals surface area contributed by atoms with Gasteiger partial charge in [0.15, 0.2) is 0 Å². The van der Waals surface area contributed by atoms with Crippen molar-refractivity contribution in [2.24, 2.45) is 0 Å². The third kappa shape index (κ3) is 6.59. The van der Waals surface area contributed by atoms with Gasteiger partial charge in [0.1, 0.15) is 11.5 Å². The molecule has 0 aliphatic rings. The molecule has 0 atom stereocenters. The summed E-state index contributed by atoms with van der Waals surface area (Å²) in [5.41, 5.74) is 0.707. The molecule has 2 aromatic carbocycles. The highest BCUT2D eigenvalue weighted by Crippen LogP contribution is 2.22. The first-order valence-corrected chi connectivity index (χ1v) is 8.97. The van der Waals surface area contributed by atoms with Gasteiger partial charge < -0.3 is 15.0 Å². The number of hydrogen-bond donors (Lipinski definition) is 1. The number of rotatable bonds is 9. The Bertz CT molecular complexity index is 699. The lowest BCUT2D eigenvalue weighted by atomic mass is 10.2. The highest BCUT2D eigenvalue weighted by atomic mass is 16.5. The van der Waals surface area contributed by atoms with Crippen LogP contribution in [0.5, 0.6) is 11.5 Å². The van der Waals surface area contributed by atoms with Gasteiger partial charge in [-0.3, -0.25) is 9.59 Å². The van der Waals surface area contributed by atoms with Crippen LogP contribution in [0.2, 0.25) is 0 Å². The van der Waals surface area contributed by atoms with E-state index in [2.05, 4.69) is 12.2 Å². The average molecular weight is 354 g/mol. The zero-order chi connectivity index (χ0) is 18.8. The van der Waals surface area contributed by atoms with Crippen LogP contribution in [0.3, 0.4) is 0 Å². The average Bonchev–Trinajstić information content (AvgIpc) is 2.64. The van der Waals surface area contributed by atoms with Gasteiger partial charge in [0.25, 0.3) is 0 Å². The predicted octanol–water partition coefficient (Wildman–Crippen LogP) is 4.46. The zero-order valence-corrected chi connectivity index (χ0v) is 15.4. The molecule has 2 rings (SSSR count). The summed E-state index contributed by atoms with van der Waals surface area (Å²) in [7, 11) is 0. The summed E-state index contributed by atoms with van der Waals surface area (Å²) in [4.78, 5) is 25.4. The third-order valence-electron chi connectivity index (χ3n) is 3.95. The molecule has 1 N–H and O–H groups in total. The zero-order valence-electron chi connectivity index (χ0n) is 15.4. The Kier molecular flexibility index (Phi) is 7.68. The smallest absolute Gasteiger partial charge is 0.226 e. The third-order valence-corrected chi connectivity index (χ3v) is 3.95. The van der Waals surface area contributed by atoms with Gasteiger partial charge >= 0.3 is 0 Å². The van der Waals surface area contributed by atoms with E-state index in [1.54, 1.807) is 24.0 Å². The van der Waals surface area contributed by atoms with Crippen LogP contribution in [0.4, 0.5) is 5.69 Å². The molecule has 0 aliphatic carbocycles. The fourth-order valence-electron chi connectivity index (χ4n) is 2.47. The molecule has 2 amide bonds. The normalized spacial score (nSPS) is 10.2. The highest BCUT2D eigenvalue weighted by molar-refractivity contribution is 5.91. The van der Waals surface area contributed by atoms with Crippen LogP contribution in [-0.2, 0) is 9.59 Å². The molecule has 5 heteroatoms. The van der Waals surface area contributed by atoms with Crippen molar-refractivity contribution in [1.29, 1.82) is 0 Å². The van der Waals surface area contributed by atoms with Crippen LogP contribution in [-0.4, -0.2) is 29.8 Å². The summed E-state index contributed by atoms with van der Waals surface area (Å²) >= 11 is 0. The van der Waals surface area contributed by atoms with E-state index < -0.39 is 0 Å². The highest BCUT2D eigenvalue weighted by Gasteiger charge is 2.11. The number of anilines is 1. The largest absolute Gasteiger partial charge is 0.457 e. The summed E-state index contributed by atoms with van der Waals surface area (Å²) in [6.07, 6.45) is 2.25. The van der Waals surface area contributed by atoms with Gasteiger partial charge in [-0.05, 0) is 42.8 Å². The fraction of sp³-hybridized carbons (Fsp3) is 0.333. The van der Waals surface area contributed by atoms with Crippen molar-refractivity contribution in [2.45, 2.75) is 33.1 Å². The molecule has 0 bridgehead atoms. The molecule has 26 heavy (non-hydrogen) atoms. The lowest BCUT2D eigenvalue weighted by Crippen LogP contribution is -2.32.